The highest BCUT2D eigenvalue weighted by Gasteiger charge is 2.20. The first kappa shape index (κ1) is 13.8. The van der Waals surface area contributed by atoms with Gasteiger partial charge in [-0.3, -0.25) is 0 Å². The van der Waals surface area contributed by atoms with Crippen LogP contribution in [-0.4, -0.2) is 22.7 Å². The third-order valence-electron chi connectivity index (χ3n) is 3.41. The van der Waals surface area contributed by atoms with Gasteiger partial charge >= 0.3 is 5.97 Å². The fraction of sp³-hybridized carbons (Fsp3) is 0.600. The Morgan fingerprint density at radius 3 is 2.95 bits per heavy atom. The average molecular weight is 263 g/mol. The molecule has 0 aliphatic heterocycles. The van der Waals surface area contributed by atoms with Gasteiger partial charge in [0, 0.05) is 5.69 Å². The number of aromatic nitrogens is 1. The van der Waals surface area contributed by atoms with E-state index in [4.69, 9.17) is 4.74 Å². The lowest BCUT2D eigenvalue weighted by atomic mass is 10.1. The van der Waals surface area contributed by atoms with E-state index in [2.05, 4.69) is 18.8 Å². The fourth-order valence-electron chi connectivity index (χ4n) is 2.38. The van der Waals surface area contributed by atoms with Gasteiger partial charge in [-0.25, -0.2) is 9.78 Å². The molecule has 0 radical (unpaired) electrons. The lowest BCUT2D eigenvalue weighted by Crippen LogP contribution is -2.09. The number of carbonyl (C=O) groups is 1. The van der Waals surface area contributed by atoms with Gasteiger partial charge in [0.25, 0.3) is 0 Å². The van der Waals surface area contributed by atoms with E-state index in [1.807, 2.05) is 0 Å². The summed E-state index contributed by atoms with van der Waals surface area (Å²) in [5.41, 5.74) is 2.26. The zero-order valence-corrected chi connectivity index (χ0v) is 11.6. The van der Waals surface area contributed by atoms with Crippen LogP contribution in [0, 0.1) is 5.92 Å². The lowest BCUT2D eigenvalue weighted by Gasteiger charge is -2.11. The molecule has 0 amide bonds. The summed E-state index contributed by atoms with van der Waals surface area (Å²) in [4.78, 5) is 15.6. The zero-order chi connectivity index (χ0) is 13.8. The molecule has 1 aromatic heterocycles. The van der Waals surface area contributed by atoms with E-state index >= 15 is 0 Å². The number of ether oxygens (including phenoxy) is 1. The van der Waals surface area contributed by atoms with Crippen molar-refractivity contribution in [1.29, 1.82) is 0 Å². The number of hydrogen-bond donors (Lipinski definition) is 1. The van der Waals surface area contributed by atoms with Gasteiger partial charge in [0.05, 0.1) is 6.61 Å². The van der Waals surface area contributed by atoms with Gasteiger partial charge in [-0.05, 0) is 49.7 Å². The highest BCUT2D eigenvalue weighted by atomic mass is 16.5. The smallest absolute Gasteiger partial charge is 0.341 e. The van der Waals surface area contributed by atoms with E-state index in [0.29, 0.717) is 12.5 Å². The van der Waals surface area contributed by atoms with Crippen LogP contribution in [0.4, 0.5) is 0 Å². The minimum atomic E-state index is -0.957. The third kappa shape index (κ3) is 3.46. The number of carboxylic acids is 1. The van der Waals surface area contributed by atoms with Crippen molar-refractivity contribution in [2.45, 2.75) is 46.0 Å². The summed E-state index contributed by atoms with van der Waals surface area (Å²) in [6.45, 7) is 4.86. The number of pyridine rings is 1. The summed E-state index contributed by atoms with van der Waals surface area (Å²) < 4.78 is 5.58. The van der Waals surface area contributed by atoms with Crippen molar-refractivity contribution < 1.29 is 14.6 Å². The van der Waals surface area contributed by atoms with E-state index in [9.17, 15) is 9.90 Å². The van der Waals surface area contributed by atoms with Crippen LogP contribution in [0.3, 0.4) is 0 Å². The third-order valence-corrected chi connectivity index (χ3v) is 3.41. The second-order valence-electron chi connectivity index (χ2n) is 5.49. The van der Waals surface area contributed by atoms with Crippen LogP contribution in [0.2, 0.25) is 0 Å². The summed E-state index contributed by atoms with van der Waals surface area (Å²) in [6.07, 6.45) is 4.91. The van der Waals surface area contributed by atoms with E-state index < -0.39 is 5.97 Å². The van der Waals surface area contributed by atoms with Crippen LogP contribution in [0.15, 0.2) is 6.07 Å². The topological polar surface area (TPSA) is 59.4 Å². The largest absolute Gasteiger partial charge is 0.477 e. The monoisotopic (exact) mass is 263 g/mol. The maximum Gasteiger partial charge on any atom is 0.341 e. The number of nitrogens with zero attached hydrogens (tertiary/aromatic N) is 1. The first-order valence-corrected chi connectivity index (χ1v) is 6.97. The molecule has 1 heterocycles. The molecule has 0 aromatic carbocycles. The molecular formula is C15H21NO3. The molecule has 0 saturated carbocycles. The maximum absolute atomic E-state index is 11.2. The van der Waals surface area contributed by atoms with Gasteiger partial charge in [0.15, 0.2) is 0 Å². The standard InChI is InChI=1S/C15H21NO3/c1-10(2)5-4-8-19-14-12(15(17)18)9-11-6-3-7-13(11)16-14/h9-10H,3-8H2,1-2H3,(H,17,18). The molecule has 0 saturated heterocycles. The Kier molecular flexibility index (Phi) is 4.40. The fourth-order valence-corrected chi connectivity index (χ4v) is 2.38. The molecule has 104 valence electrons. The van der Waals surface area contributed by atoms with Crippen molar-refractivity contribution >= 4 is 5.97 Å². The van der Waals surface area contributed by atoms with Crippen LogP contribution in [0.25, 0.3) is 0 Å². The maximum atomic E-state index is 11.2. The van der Waals surface area contributed by atoms with Gasteiger partial charge in [-0.2, -0.15) is 0 Å². The highest BCUT2D eigenvalue weighted by molar-refractivity contribution is 5.90. The minimum absolute atomic E-state index is 0.199. The van der Waals surface area contributed by atoms with Gasteiger partial charge in [-0.15, -0.1) is 0 Å². The Bertz CT molecular complexity index is 469. The van der Waals surface area contributed by atoms with Crippen molar-refractivity contribution in [2.24, 2.45) is 5.92 Å². The predicted molar refractivity (Wildman–Crippen MR) is 72.8 cm³/mol. The molecule has 19 heavy (non-hydrogen) atoms. The van der Waals surface area contributed by atoms with Crippen molar-refractivity contribution in [2.75, 3.05) is 6.61 Å². The Balaban J connectivity index is 2.08. The van der Waals surface area contributed by atoms with Crippen LogP contribution in [-0.2, 0) is 12.8 Å². The van der Waals surface area contributed by atoms with Crippen LogP contribution < -0.4 is 4.74 Å². The normalized spacial score (nSPS) is 13.6. The number of aryl methyl sites for hydroxylation is 2. The number of rotatable bonds is 6. The average Bonchev–Trinajstić information content (AvgIpc) is 2.80. The zero-order valence-electron chi connectivity index (χ0n) is 11.6. The first-order chi connectivity index (χ1) is 9.08. The van der Waals surface area contributed by atoms with E-state index in [0.717, 1.165) is 43.4 Å². The summed E-state index contributed by atoms with van der Waals surface area (Å²) in [6, 6.07) is 1.73. The molecule has 1 aliphatic rings. The number of carboxylic acid groups (broad SMARTS) is 1. The molecule has 1 N–H and O–H groups in total. The highest BCUT2D eigenvalue weighted by Crippen LogP contribution is 2.26. The predicted octanol–water partition coefficient (Wildman–Crippen LogP) is 3.08. The molecule has 0 atom stereocenters. The van der Waals surface area contributed by atoms with E-state index in [1.54, 1.807) is 6.07 Å². The second kappa shape index (κ2) is 6.04. The first-order valence-electron chi connectivity index (χ1n) is 6.97. The number of fused-ring (bicyclic) bond motifs is 1. The number of aromatic carboxylic acids is 1. The minimum Gasteiger partial charge on any atom is -0.477 e. The molecule has 0 spiro atoms. The van der Waals surface area contributed by atoms with Gasteiger partial charge < -0.3 is 9.84 Å². The Labute approximate surface area is 113 Å². The SMILES string of the molecule is CC(C)CCCOc1nc2c(cc1C(=O)O)CCC2. The van der Waals surface area contributed by atoms with Crippen LogP contribution in [0.1, 0.15) is 54.7 Å². The molecule has 0 unspecified atom stereocenters. The molecule has 1 aromatic rings. The molecule has 1 aliphatic carbocycles. The van der Waals surface area contributed by atoms with Crippen molar-refractivity contribution in [3.05, 3.63) is 22.9 Å². The second-order valence-corrected chi connectivity index (χ2v) is 5.49. The summed E-state index contributed by atoms with van der Waals surface area (Å²) in [7, 11) is 0. The number of hydrogen-bond acceptors (Lipinski definition) is 3. The summed E-state index contributed by atoms with van der Waals surface area (Å²) >= 11 is 0. The van der Waals surface area contributed by atoms with E-state index in [1.165, 1.54) is 0 Å². The van der Waals surface area contributed by atoms with Crippen molar-refractivity contribution in [1.82, 2.24) is 4.98 Å². The molecule has 4 nitrogen and oxygen atoms in total. The quantitative estimate of drug-likeness (QED) is 0.801. The molecule has 0 fully saturated rings. The van der Waals surface area contributed by atoms with E-state index in [-0.39, 0.29) is 11.4 Å². The molecule has 0 bridgehead atoms. The Hall–Kier alpha value is -1.58. The molecule has 2 rings (SSSR count). The Morgan fingerprint density at radius 2 is 2.26 bits per heavy atom. The van der Waals surface area contributed by atoms with Gasteiger partial charge in [0.1, 0.15) is 5.56 Å². The van der Waals surface area contributed by atoms with Crippen molar-refractivity contribution in [3.8, 4) is 5.88 Å². The van der Waals surface area contributed by atoms with Gasteiger partial charge in [-0.1, -0.05) is 13.8 Å². The van der Waals surface area contributed by atoms with Crippen LogP contribution in [0.5, 0.6) is 5.88 Å². The lowest BCUT2D eigenvalue weighted by molar-refractivity contribution is 0.0691. The summed E-state index contributed by atoms with van der Waals surface area (Å²) in [5, 5.41) is 9.22. The summed E-state index contributed by atoms with van der Waals surface area (Å²) in [5.74, 6) is -0.0338. The Morgan fingerprint density at radius 1 is 1.47 bits per heavy atom. The molecular weight excluding hydrogens is 242 g/mol. The van der Waals surface area contributed by atoms with Crippen LogP contribution >= 0.6 is 0 Å². The van der Waals surface area contributed by atoms with Crippen molar-refractivity contribution in [3.63, 3.8) is 0 Å². The molecule has 4 heteroatoms. The van der Waals surface area contributed by atoms with Gasteiger partial charge in [0.2, 0.25) is 5.88 Å².